The molecular formula is C30H37ClN2O4. The number of rotatable bonds is 7. The van der Waals surface area contributed by atoms with Gasteiger partial charge in [0.15, 0.2) is 0 Å². The number of nitrogens with zero attached hydrogens (tertiary/aromatic N) is 2. The number of aryl methyl sites for hydroxylation is 1. The molecule has 0 bridgehead atoms. The normalized spacial score (nSPS) is 24.4. The van der Waals surface area contributed by atoms with Gasteiger partial charge in [-0.15, -0.1) is 0 Å². The average Bonchev–Trinajstić information content (AvgIpc) is 2.85. The van der Waals surface area contributed by atoms with Gasteiger partial charge in [0.05, 0.1) is 6.61 Å². The van der Waals surface area contributed by atoms with Crippen molar-refractivity contribution < 1.29 is 19.4 Å². The van der Waals surface area contributed by atoms with Gasteiger partial charge in [0, 0.05) is 31.4 Å². The van der Waals surface area contributed by atoms with E-state index in [1.807, 2.05) is 24.3 Å². The molecule has 1 saturated carbocycles. The van der Waals surface area contributed by atoms with Crippen molar-refractivity contribution in [2.75, 3.05) is 34.8 Å². The maximum atomic E-state index is 12.1. The average molecular weight is 525 g/mol. The van der Waals surface area contributed by atoms with Gasteiger partial charge in [-0.25, -0.2) is 4.79 Å². The molecule has 0 aliphatic heterocycles. The van der Waals surface area contributed by atoms with Gasteiger partial charge in [-0.05, 0) is 111 Å². The third kappa shape index (κ3) is 6.23. The minimum absolute atomic E-state index is 0.150. The molecule has 1 N–H and O–H groups in total. The van der Waals surface area contributed by atoms with E-state index in [0.29, 0.717) is 25.2 Å². The number of carbonyl (C=O) groups is 1. The van der Waals surface area contributed by atoms with Gasteiger partial charge in [-0.1, -0.05) is 24.1 Å². The highest BCUT2D eigenvalue weighted by molar-refractivity contribution is 6.30. The van der Waals surface area contributed by atoms with E-state index < -0.39 is 11.7 Å². The van der Waals surface area contributed by atoms with Gasteiger partial charge in [0.2, 0.25) is 0 Å². The number of benzene rings is 2. The molecule has 0 radical (unpaired) electrons. The van der Waals surface area contributed by atoms with Crippen molar-refractivity contribution in [3.05, 3.63) is 59.2 Å². The van der Waals surface area contributed by atoms with E-state index in [1.54, 1.807) is 14.1 Å². The van der Waals surface area contributed by atoms with Gasteiger partial charge in [0.1, 0.15) is 17.1 Å². The van der Waals surface area contributed by atoms with Crippen molar-refractivity contribution in [3.8, 4) is 22.8 Å². The highest BCUT2D eigenvalue weighted by Crippen LogP contribution is 2.54. The van der Waals surface area contributed by atoms with Gasteiger partial charge in [-0.3, -0.25) is 0 Å². The summed E-state index contributed by atoms with van der Waals surface area (Å²) >= 11 is 5.70. The Morgan fingerprint density at radius 2 is 1.84 bits per heavy atom. The first-order chi connectivity index (χ1) is 17.6. The van der Waals surface area contributed by atoms with Crippen LogP contribution in [0.3, 0.4) is 0 Å². The van der Waals surface area contributed by atoms with Gasteiger partial charge >= 0.3 is 6.09 Å². The van der Waals surface area contributed by atoms with Crippen LogP contribution in [0.5, 0.6) is 11.5 Å². The highest BCUT2D eigenvalue weighted by atomic mass is 35.5. The van der Waals surface area contributed by atoms with E-state index in [9.17, 15) is 9.90 Å². The summed E-state index contributed by atoms with van der Waals surface area (Å²) < 4.78 is 11.8. The Balaban J connectivity index is 1.56. The van der Waals surface area contributed by atoms with Crippen molar-refractivity contribution in [1.82, 2.24) is 9.80 Å². The second kappa shape index (κ2) is 11.3. The van der Waals surface area contributed by atoms with Crippen LogP contribution in [0.25, 0.3) is 0 Å². The van der Waals surface area contributed by atoms with E-state index in [1.165, 1.54) is 21.6 Å². The molecule has 37 heavy (non-hydrogen) atoms. The number of hydrogen-bond acceptors (Lipinski definition) is 5. The zero-order valence-electron chi connectivity index (χ0n) is 22.2. The lowest BCUT2D eigenvalue weighted by Crippen LogP contribution is -2.50. The van der Waals surface area contributed by atoms with E-state index >= 15 is 0 Å². The highest BCUT2D eigenvalue weighted by Gasteiger charge is 2.51. The number of ether oxygens (including phenoxy) is 2. The second-order valence-electron chi connectivity index (χ2n) is 10.9. The van der Waals surface area contributed by atoms with Gasteiger partial charge in [0.25, 0.3) is 0 Å². The van der Waals surface area contributed by atoms with Crippen LogP contribution in [0, 0.1) is 17.2 Å². The largest absolute Gasteiger partial charge is 0.494 e. The standard InChI is InChI=1S/C30H37ClN2O4/c1-32(2)21-22-5-9-25(10-6-22)36-18-16-30-14-13-29(35,15-17-31)20-24(30)8-7-23-19-26(11-12-27(23)30)37-28(34)33(3)4/h5-6,9-12,19,24,35H,7-8,13-14,16,18,20-21H2,1-4H3/t24-,29+,30+/m0/s1. The van der Waals surface area contributed by atoms with Crippen molar-refractivity contribution in [2.45, 2.75) is 56.1 Å². The Hall–Kier alpha value is -2.72. The van der Waals surface area contributed by atoms with E-state index in [0.717, 1.165) is 38.0 Å². The smallest absolute Gasteiger partial charge is 0.414 e. The fraction of sp³-hybridized carbons (Fsp3) is 0.500. The monoisotopic (exact) mass is 524 g/mol. The summed E-state index contributed by atoms with van der Waals surface area (Å²) in [6.45, 7) is 1.46. The third-order valence-corrected chi connectivity index (χ3v) is 7.91. The molecule has 2 aromatic rings. The van der Waals surface area contributed by atoms with Gasteiger partial charge < -0.3 is 24.4 Å². The molecule has 3 atom stereocenters. The van der Waals surface area contributed by atoms with Crippen LogP contribution in [0.15, 0.2) is 42.5 Å². The number of carbonyl (C=O) groups excluding carboxylic acids is 1. The Kier molecular flexibility index (Phi) is 8.38. The van der Waals surface area contributed by atoms with Gasteiger partial charge in [-0.2, -0.15) is 0 Å². The lowest BCUT2D eigenvalue weighted by molar-refractivity contribution is -0.0142. The molecule has 2 aromatic carbocycles. The van der Waals surface area contributed by atoms with Crippen LogP contribution in [0.1, 0.15) is 48.8 Å². The predicted molar refractivity (Wildman–Crippen MR) is 146 cm³/mol. The van der Waals surface area contributed by atoms with Crippen molar-refractivity contribution in [1.29, 1.82) is 0 Å². The summed E-state index contributed by atoms with van der Waals surface area (Å²) in [7, 11) is 7.45. The molecule has 0 aromatic heterocycles. The number of halogens is 1. The molecule has 1 fully saturated rings. The first-order valence-corrected chi connectivity index (χ1v) is 13.3. The number of aliphatic hydroxyl groups is 1. The lowest BCUT2D eigenvalue weighted by Gasteiger charge is -2.52. The molecule has 2 aliphatic carbocycles. The van der Waals surface area contributed by atoms with Crippen LogP contribution < -0.4 is 9.47 Å². The fourth-order valence-electron chi connectivity index (χ4n) is 5.99. The summed E-state index contributed by atoms with van der Waals surface area (Å²) in [5.74, 6) is 4.51. The Labute approximate surface area is 225 Å². The van der Waals surface area contributed by atoms with Crippen LogP contribution in [-0.4, -0.2) is 61.4 Å². The Morgan fingerprint density at radius 1 is 1.11 bits per heavy atom. The molecule has 4 rings (SSSR count). The van der Waals surface area contributed by atoms with Crippen LogP contribution in [-0.2, 0) is 18.4 Å². The molecule has 0 heterocycles. The van der Waals surface area contributed by atoms with Crippen molar-refractivity contribution in [3.63, 3.8) is 0 Å². The fourth-order valence-corrected chi connectivity index (χ4v) is 6.17. The zero-order valence-corrected chi connectivity index (χ0v) is 23.0. The third-order valence-electron chi connectivity index (χ3n) is 7.81. The molecule has 1 amide bonds. The zero-order chi connectivity index (χ0) is 26.6. The van der Waals surface area contributed by atoms with E-state index in [-0.39, 0.29) is 11.3 Å². The summed E-state index contributed by atoms with van der Waals surface area (Å²) in [5.41, 5.74) is 2.50. The van der Waals surface area contributed by atoms with Crippen LogP contribution in [0.4, 0.5) is 4.79 Å². The minimum atomic E-state index is -1.06. The number of amides is 1. The van der Waals surface area contributed by atoms with Crippen LogP contribution >= 0.6 is 11.6 Å². The Bertz CT molecular complexity index is 1170. The lowest BCUT2D eigenvalue weighted by atomic mass is 9.53. The first kappa shape index (κ1) is 27.3. The maximum absolute atomic E-state index is 12.1. The summed E-state index contributed by atoms with van der Waals surface area (Å²) in [6, 6.07) is 14.3. The van der Waals surface area contributed by atoms with Crippen molar-refractivity contribution >= 4 is 17.7 Å². The molecular weight excluding hydrogens is 488 g/mol. The molecule has 2 aliphatic rings. The molecule has 6 nitrogen and oxygen atoms in total. The summed E-state index contributed by atoms with van der Waals surface area (Å²) in [5, 5.41) is 13.5. The second-order valence-corrected chi connectivity index (χ2v) is 11.1. The molecule has 7 heteroatoms. The SMILES string of the molecule is CN(C)Cc1ccc(OCC[C@]23CC[C@@](O)(C#CCl)C[C@@H]2CCc2cc(OC(=O)N(C)C)ccc23)cc1. The van der Waals surface area contributed by atoms with Crippen molar-refractivity contribution in [2.24, 2.45) is 5.92 Å². The quantitative estimate of drug-likeness (QED) is 0.505. The molecule has 198 valence electrons. The van der Waals surface area contributed by atoms with Crippen LogP contribution in [0.2, 0.25) is 0 Å². The number of fused-ring (bicyclic) bond motifs is 3. The Morgan fingerprint density at radius 3 is 2.51 bits per heavy atom. The summed E-state index contributed by atoms with van der Waals surface area (Å²) in [6.07, 6.45) is 4.13. The number of hydrogen-bond donors (Lipinski definition) is 1. The molecule has 0 unspecified atom stereocenters. The molecule has 0 saturated heterocycles. The molecule has 0 spiro atoms. The topological polar surface area (TPSA) is 62.2 Å². The predicted octanol–water partition coefficient (Wildman–Crippen LogP) is 5.19. The minimum Gasteiger partial charge on any atom is -0.494 e. The summed E-state index contributed by atoms with van der Waals surface area (Å²) in [4.78, 5) is 15.6. The first-order valence-electron chi connectivity index (χ1n) is 12.9. The maximum Gasteiger partial charge on any atom is 0.414 e. The van der Waals surface area contributed by atoms with E-state index in [2.05, 4.69) is 48.5 Å². The van der Waals surface area contributed by atoms with E-state index in [4.69, 9.17) is 21.1 Å².